The predicted molar refractivity (Wildman–Crippen MR) is 94.1 cm³/mol. The summed E-state index contributed by atoms with van der Waals surface area (Å²) >= 11 is 0. The molecule has 1 N–H and O–H groups in total. The van der Waals surface area contributed by atoms with E-state index in [4.69, 9.17) is 4.74 Å². The molecule has 1 aromatic carbocycles. The third-order valence-electron chi connectivity index (χ3n) is 4.64. The monoisotopic (exact) mass is 352 g/mol. The zero-order valence-electron chi connectivity index (χ0n) is 13.7. The maximum Gasteiger partial charge on any atom is 0.224 e. The normalized spacial score (nSPS) is 23.2. The molecule has 0 saturated carbocycles. The number of anilines is 2. The van der Waals surface area contributed by atoms with Gasteiger partial charge >= 0.3 is 0 Å². The predicted octanol–water partition coefficient (Wildman–Crippen LogP) is 1.68. The Morgan fingerprint density at radius 1 is 1.25 bits per heavy atom. The number of amides is 1. The first-order chi connectivity index (χ1) is 11.5. The van der Waals surface area contributed by atoms with Crippen molar-refractivity contribution < 1.29 is 17.9 Å². The van der Waals surface area contributed by atoms with Crippen molar-refractivity contribution in [2.24, 2.45) is 5.92 Å². The minimum Gasteiger partial charge on any atom is -0.378 e. The first-order valence-electron chi connectivity index (χ1n) is 8.45. The highest BCUT2D eigenvalue weighted by Crippen LogP contribution is 2.27. The molecule has 2 aliphatic heterocycles. The van der Waals surface area contributed by atoms with E-state index in [2.05, 4.69) is 10.2 Å². The molecule has 1 amide bonds. The molecule has 3 rings (SSSR count). The molecule has 0 aromatic heterocycles. The van der Waals surface area contributed by atoms with Gasteiger partial charge in [-0.1, -0.05) is 12.1 Å². The van der Waals surface area contributed by atoms with E-state index in [0.29, 0.717) is 32.5 Å². The highest BCUT2D eigenvalue weighted by atomic mass is 32.2. The number of nitrogens with one attached hydrogen (secondary N) is 1. The molecule has 6 nitrogen and oxygen atoms in total. The number of morpholine rings is 1. The average molecular weight is 352 g/mol. The maximum atomic E-state index is 12.3. The van der Waals surface area contributed by atoms with Crippen LogP contribution in [0, 0.1) is 5.92 Å². The summed E-state index contributed by atoms with van der Waals surface area (Å²) in [4.78, 5) is 14.5. The van der Waals surface area contributed by atoms with E-state index in [1.165, 1.54) is 0 Å². The second kappa shape index (κ2) is 7.53. The Hall–Kier alpha value is -1.60. The van der Waals surface area contributed by atoms with Crippen molar-refractivity contribution in [3.8, 4) is 0 Å². The summed E-state index contributed by atoms with van der Waals surface area (Å²) in [5, 5.41) is 2.98. The third kappa shape index (κ3) is 4.48. The van der Waals surface area contributed by atoms with Gasteiger partial charge in [0.15, 0.2) is 9.84 Å². The van der Waals surface area contributed by atoms with Crippen LogP contribution >= 0.6 is 0 Å². The first kappa shape index (κ1) is 17.2. The standard InChI is InChI=1S/C17H24N2O4S/c20-17(6-5-14-7-12-24(21,22)13-14)18-15-3-1-2-4-16(15)19-8-10-23-11-9-19/h1-4,14H,5-13H2,(H,18,20). The van der Waals surface area contributed by atoms with Gasteiger partial charge in [0.1, 0.15) is 0 Å². The number of hydrogen-bond donors (Lipinski definition) is 1. The van der Waals surface area contributed by atoms with E-state index in [1.54, 1.807) is 0 Å². The van der Waals surface area contributed by atoms with Crippen molar-refractivity contribution in [2.45, 2.75) is 19.3 Å². The smallest absolute Gasteiger partial charge is 0.224 e. The molecule has 0 bridgehead atoms. The minimum atomic E-state index is -2.87. The molecule has 132 valence electrons. The Bertz CT molecular complexity index is 684. The molecule has 1 aromatic rings. The zero-order valence-corrected chi connectivity index (χ0v) is 14.6. The largest absolute Gasteiger partial charge is 0.378 e. The van der Waals surface area contributed by atoms with Gasteiger partial charge in [0.2, 0.25) is 5.91 Å². The quantitative estimate of drug-likeness (QED) is 0.872. The molecule has 0 aliphatic carbocycles. The van der Waals surface area contributed by atoms with Gasteiger partial charge in [-0.05, 0) is 30.9 Å². The Labute approximate surface area is 143 Å². The minimum absolute atomic E-state index is 0.0555. The van der Waals surface area contributed by atoms with Crippen molar-refractivity contribution in [2.75, 3.05) is 48.0 Å². The summed E-state index contributed by atoms with van der Waals surface area (Å²) < 4.78 is 28.3. The van der Waals surface area contributed by atoms with E-state index in [9.17, 15) is 13.2 Å². The van der Waals surface area contributed by atoms with Crippen molar-refractivity contribution >= 4 is 27.1 Å². The lowest BCUT2D eigenvalue weighted by Crippen LogP contribution is -2.36. The van der Waals surface area contributed by atoms with Crippen LogP contribution in [0.4, 0.5) is 11.4 Å². The number of benzene rings is 1. The molecule has 24 heavy (non-hydrogen) atoms. The molecule has 1 unspecified atom stereocenters. The van der Waals surface area contributed by atoms with Gasteiger partial charge in [0.05, 0.1) is 36.1 Å². The Balaban J connectivity index is 1.56. The van der Waals surface area contributed by atoms with Gasteiger partial charge in [-0.2, -0.15) is 0 Å². The molecule has 0 spiro atoms. The summed E-state index contributed by atoms with van der Waals surface area (Å²) in [5.74, 6) is 0.555. The van der Waals surface area contributed by atoms with Crippen LogP contribution in [-0.4, -0.2) is 52.1 Å². The Morgan fingerprint density at radius 2 is 2.00 bits per heavy atom. The summed E-state index contributed by atoms with van der Waals surface area (Å²) in [7, 11) is -2.87. The molecule has 1 atom stereocenters. The fourth-order valence-corrected chi connectivity index (χ4v) is 5.22. The second-order valence-electron chi connectivity index (χ2n) is 6.47. The van der Waals surface area contributed by atoms with Crippen LogP contribution in [0.5, 0.6) is 0 Å². The van der Waals surface area contributed by atoms with Crippen LogP contribution < -0.4 is 10.2 Å². The van der Waals surface area contributed by atoms with Crippen LogP contribution in [-0.2, 0) is 19.4 Å². The average Bonchev–Trinajstić information content (AvgIpc) is 2.93. The van der Waals surface area contributed by atoms with E-state index < -0.39 is 9.84 Å². The number of nitrogens with zero attached hydrogens (tertiary/aromatic N) is 1. The number of carbonyl (C=O) groups excluding carboxylic acids is 1. The van der Waals surface area contributed by atoms with Gasteiger partial charge in [0.25, 0.3) is 0 Å². The van der Waals surface area contributed by atoms with Crippen LogP contribution in [0.1, 0.15) is 19.3 Å². The van der Waals surface area contributed by atoms with E-state index in [-0.39, 0.29) is 23.3 Å². The van der Waals surface area contributed by atoms with Crippen molar-refractivity contribution in [3.63, 3.8) is 0 Å². The fourth-order valence-electron chi connectivity index (χ4n) is 3.31. The van der Waals surface area contributed by atoms with Crippen molar-refractivity contribution in [1.82, 2.24) is 0 Å². The molecular formula is C17H24N2O4S. The SMILES string of the molecule is O=C(CCC1CCS(=O)(=O)C1)Nc1ccccc1N1CCOCC1. The summed E-state index contributed by atoms with van der Waals surface area (Å²) in [6, 6.07) is 7.78. The first-order valence-corrected chi connectivity index (χ1v) is 10.3. The summed E-state index contributed by atoms with van der Waals surface area (Å²) in [6.07, 6.45) is 1.67. The molecule has 2 heterocycles. The lowest BCUT2D eigenvalue weighted by atomic mass is 10.0. The van der Waals surface area contributed by atoms with Gasteiger partial charge < -0.3 is 15.0 Å². The van der Waals surface area contributed by atoms with E-state index >= 15 is 0 Å². The molecule has 2 fully saturated rings. The highest BCUT2D eigenvalue weighted by molar-refractivity contribution is 7.91. The number of para-hydroxylation sites is 2. The Morgan fingerprint density at radius 3 is 2.71 bits per heavy atom. The van der Waals surface area contributed by atoms with Gasteiger partial charge in [-0.3, -0.25) is 4.79 Å². The topological polar surface area (TPSA) is 75.7 Å². The van der Waals surface area contributed by atoms with Gasteiger partial charge in [0, 0.05) is 19.5 Å². The zero-order chi connectivity index (χ0) is 17.0. The molecule has 7 heteroatoms. The number of sulfone groups is 1. The number of carbonyl (C=O) groups is 1. The van der Waals surface area contributed by atoms with E-state index in [1.807, 2.05) is 24.3 Å². The van der Waals surface area contributed by atoms with Crippen LogP contribution in [0.2, 0.25) is 0 Å². The number of ether oxygens (including phenoxy) is 1. The van der Waals surface area contributed by atoms with Crippen LogP contribution in [0.25, 0.3) is 0 Å². The van der Waals surface area contributed by atoms with Crippen molar-refractivity contribution in [1.29, 1.82) is 0 Å². The molecule has 2 aliphatic rings. The van der Waals surface area contributed by atoms with E-state index in [0.717, 1.165) is 24.5 Å². The molecular weight excluding hydrogens is 328 g/mol. The lowest BCUT2D eigenvalue weighted by molar-refractivity contribution is -0.116. The van der Waals surface area contributed by atoms with Gasteiger partial charge in [-0.25, -0.2) is 8.42 Å². The Kier molecular flexibility index (Phi) is 5.40. The lowest BCUT2D eigenvalue weighted by Gasteiger charge is -2.30. The second-order valence-corrected chi connectivity index (χ2v) is 8.70. The van der Waals surface area contributed by atoms with Crippen LogP contribution in [0.15, 0.2) is 24.3 Å². The highest BCUT2D eigenvalue weighted by Gasteiger charge is 2.28. The van der Waals surface area contributed by atoms with Crippen LogP contribution in [0.3, 0.4) is 0 Å². The summed E-state index contributed by atoms with van der Waals surface area (Å²) in [5.41, 5.74) is 1.82. The van der Waals surface area contributed by atoms with Crippen molar-refractivity contribution in [3.05, 3.63) is 24.3 Å². The third-order valence-corrected chi connectivity index (χ3v) is 6.47. The number of hydrogen-bond acceptors (Lipinski definition) is 5. The molecule has 2 saturated heterocycles. The van der Waals surface area contributed by atoms with Gasteiger partial charge in [-0.15, -0.1) is 0 Å². The molecule has 0 radical (unpaired) electrons. The summed E-state index contributed by atoms with van der Waals surface area (Å²) in [6.45, 7) is 3.01. The number of rotatable bonds is 5. The maximum absolute atomic E-state index is 12.3. The fraction of sp³-hybridized carbons (Fsp3) is 0.588.